The number of aromatic nitrogens is 3. The zero-order chi connectivity index (χ0) is 21.1. The van der Waals surface area contributed by atoms with Crippen LogP contribution in [0.4, 0.5) is 0 Å². The van der Waals surface area contributed by atoms with E-state index in [1.807, 2.05) is 36.4 Å². The summed E-state index contributed by atoms with van der Waals surface area (Å²) >= 11 is 0. The zero-order valence-electron chi connectivity index (χ0n) is 17.2. The lowest BCUT2D eigenvalue weighted by Crippen LogP contribution is -2.39. The van der Waals surface area contributed by atoms with Crippen LogP contribution in [0.3, 0.4) is 0 Å². The van der Waals surface area contributed by atoms with Crippen molar-refractivity contribution >= 4 is 10.0 Å². The molecule has 4 rings (SSSR count). The van der Waals surface area contributed by atoms with E-state index in [9.17, 15) is 8.42 Å². The maximum absolute atomic E-state index is 13.0. The number of nitrogens with zero attached hydrogens (tertiary/aromatic N) is 4. The van der Waals surface area contributed by atoms with Crippen LogP contribution in [0.1, 0.15) is 35.7 Å². The van der Waals surface area contributed by atoms with Crippen molar-refractivity contribution in [3.05, 3.63) is 71.9 Å². The van der Waals surface area contributed by atoms with E-state index >= 15 is 0 Å². The SMILES string of the molecule is COc1cccc(Cc2cccc(C3CCCN(S(=O)(=O)c4cn(C)cn4)C3)n2)c1. The van der Waals surface area contributed by atoms with Crippen molar-refractivity contribution in [2.75, 3.05) is 20.2 Å². The average Bonchev–Trinajstić information content (AvgIpc) is 3.21. The number of sulfonamides is 1. The summed E-state index contributed by atoms with van der Waals surface area (Å²) in [6.07, 6.45) is 5.49. The highest BCUT2D eigenvalue weighted by atomic mass is 32.2. The Balaban J connectivity index is 1.52. The molecule has 1 atom stereocenters. The first-order valence-electron chi connectivity index (χ1n) is 10.0. The van der Waals surface area contributed by atoms with Gasteiger partial charge in [-0.05, 0) is 42.7 Å². The number of aryl methyl sites for hydroxylation is 1. The van der Waals surface area contributed by atoms with Crippen LogP contribution in [-0.4, -0.2) is 47.5 Å². The van der Waals surface area contributed by atoms with Gasteiger partial charge >= 0.3 is 0 Å². The number of hydrogen-bond donors (Lipinski definition) is 0. The Labute approximate surface area is 177 Å². The highest BCUT2D eigenvalue weighted by Crippen LogP contribution is 2.29. The molecule has 1 aliphatic heterocycles. The third-order valence-electron chi connectivity index (χ3n) is 5.44. The minimum atomic E-state index is -3.59. The van der Waals surface area contributed by atoms with Crippen molar-refractivity contribution in [3.8, 4) is 5.75 Å². The third-order valence-corrected chi connectivity index (χ3v) is 7.19. The number of pyridine rings is 1. The summed E-state index contributed by atoms with van der Waals surface area (Å²) in [6, 6.07) is 14.0. The first-order valence-corrected chi connectivity index (χ1v) is 11.5. The van der Waals surface area contributed by atoms with E-state index in [1.54, 1.807) is 29.2 Å². The smallest absolute Gasteiger partial charge is 0.262 e. The molecule has 0 bridgehead atoms. The highest BCUT2D eigenvalue weighted by molar-refractivity contribution is 7.89. The van der Waals surface area contributed by atoms with Crippen LogP contribution in [-0.2, 0) is 23.5 Å². The molecule has 0 aliphatic carbocycles. The molecule has 2 aromatic heterocycles. The molecular weight excluding hydrogens is 400 g/mol. The van der Waals surface area contributed by atoms with Gasteiger partial charge in [0.15, 0.2) is 5.03 Å². The lowest BCUT2D eigenvalue weighted by molar-refractivity contribution is 0.311. The monoisotopic (exact) mass is 426 g/mol. The third kappa shape index (κ3) is 4.39. The molecule has 0 N–H and O–H groups in total. The molecule has 7 nitrogen and oxygen atoms in total. The van der Waals surface area contributed by atoms with Crippen molar-refractivity contribution in [2.24, 2.45) is 7.05 Å². The minimum Gasteiger partial charge on any atom is -0.497 e. The Morgan fingerprint density at radius 1 is 1.20 bits per heavy atom. The lowest BCUT2D eigenvalue weighted by Gasteiger charge is -2.31. The van der Waals surface area contributed by atoms with Crippen molar-refractivity contribution in [1.29, 1.82) is 0 Å². The van der Waals surface area contributed by atoms with Gasteiger partial charge in [0.05, 0.1) is 13.4 Å². The predicted octanol–water partition coefficient (Wildman–Crippen LogP) is 2.98. The fourth-order valence-electron chi connectivity index (χ4n) is 3.87. The molecule has 0 spiro atoms. The summed E-state index contributed by atoms with van der Waals surface area (Å²) in [5.41, 5.74) is 3.03. The molecule has 3 heterocycles. The molecule has 1 aromatic carbocycles. The average molecular weight is 427 g/mol. The molecule has 1 saturated heterocycles. The molecule has 0 radical (unpaired) electrons. The Hall–Kier alpha value is -2.71. The summed E-state index contributed by atoms with van der Waals surface area (Å²) in [7, 11) is -0.164. The Bertz CT molecular complexity index is 1130. The van der Waals surface area contributed by atoms with Gasteiger partial charge in [-0.15, -0.1) is 0 Å². The van der Waals surface area contributed by atoms with Crippen molar-refractivity contribution in [1.82, 2.24) is 18.8 Å². The largest absolute Gasteiger partial charge is 0.497 e. The van der Waals surface area contributed by atoms with E-state index in [0.717, 1.165) is 35.5 Å². The predicted molar refractivity (Wildman–Crippen MR) is 114 cm³/mol. The van der Waals surface area contributed by atoms with Crippen LogP contribution in [0.2, 0.25) is 0 Å². The maximum atomic E-state index is 13.0. The first kappa shape index (κ1) is 20.6. The van der Waals surface area contributed by atoms with Crippen LogP contribution in [0.15, 0.2) is 60.0 Å². The number of methoxy groups -OCH3 is 1. The van der Waals surface area contributed by atoms with E-state index in [2.05, 4.69) is 11.1 Å². The van der Waals surface area contributed by atoms with Crippen LogP contribution in [0.5, 0.6) is 5.75 Å². The van der Waals surface area contributed by atoms with Gasteiger partial charge in [-0.1, -0.05) is 18.2 Å². The number of rotatable bonds is 6. The minimum absolute atomic E-state index is 0.0718. The topological polar surface area (TPSA) is 77.3 Å². The first-order chi connectivity index (χ1) is 14.5. The van der Waals surface area contributed by atoms with Gasteiger partial charge in [0, 0.05) is 50.1 Å². The van der Waals surface area contributed by atoms with Gasteiger partial charge in [0.25, 0.3) is 10.0 Å². The van der Waals surface area contributed by atoms with E-state index in [1.165, 1.54) is 6.33 Å². The number of hydrogen-bond acceptors (Lipinski definition) is 5. The Kier molecular flexibility index (Phi) is 5.87. The van der Waals surface area contributed by atoms with Crippen LogP contribution >= 0.6 is 0 Å². The number of ether oxygens (including phenoxy) is 1. The molecular formula is C22H26N4O3S. The molecule has 30 heavy (non-hydrogen) atoms. The molecule has 0 saturated carbocycles. The van der Waals surface area contributed by atoms with Crippen molar-refractivity contribution < 1.29 is 13.2 Å². The standard InChI is InChI=1S/C22H26N4O3S/c1-25-15-22(23-16-25)30(27,28)26-11-5-7-18(14-26)21-10-4-8-19(24-21)12-17-6-3-9-20(13-17)29-2/h3-4,6,8-10,13,15-16,18H,5,7,11-12,14H2,1-2H3. The summed E-state index contributed by atoms with van der Waals surface area (Å²) in [4.78, 5) is 8.90. The summed E-state index contributed by atoms with van der Waals surface area (Å²) in [6.45, 7) is 0.938. The van der Waals surface area contributed by atoms with Crippen LogP contribution < -0.4 is 4.74 Å². The quantitative estimate of drug-likeness (QED) is 0.606. The normalized spacial score (nSPS) is 17.7. The van der Waals surface area contributed by atoms with Gasteiger partial charge in [-0.3, -0.25) is 4.98 Å². The number of imidazole rings is 1. The van der Waals surface area contributed by atoms with E-state index in [4.69, 9.17) is 9.72 Å². The van der Waals surface area contributed by atoms with Gasteiger partial charge in [0.2, 0.25) is 0 Å². The summed E-state index contributed by atoms with van der Waals surface area (Å²) < 4.78 is 34.4. The second-order valence-corrected chi connectivity index (χ2v) is 9.55. The molecule has 1 unspecified atom stereocenters. The van der Waals surface area contributed by atoms with Crippen molar-refractivity contribution in [2.45, 2.75) is 30.2 Å². The molecule has 1 fully saturated rings. The summed E-state index contributed by atoms with van der Waals surface area (Å²) in [5, 5.41) is 0.102. The lowest BCUT2D eigenvalue weighted by atomic mass is 9.95. The fourth-order valence-corrected chi connectivity index (χ4v) is 5.36. The van der Waals surface area contributed by atoms with Gasteiger partial charge in [0.1, 0.15) is 5.75 Å². The van der Waals surface area contributed by atoms with E-state index in [0.29, 0.717) is 19.5 Å². The van der Waals surface area contributed by atoms with Gasteiger partial charge < -0.3 is 9.30 Å². The van der Waals surface area contributed by atoms with E-state index in [-0.39, 0.29) is 10.9 Å². The van der Waals surface area contributed by atoms with Crippen molar-refractivity contribution in [3.63, 3.8) is 0 Å². The van der Waals surface area contributed by atoms with Crippen LogP contribution in [0.25, 0.3) is 0 Å². The molecule has 0 amide bonds. The van der Waals surface area contributed by atoms with E-state index < -0.39 is 10.0 Å². The second-order valence-electron chi connectivity index (χ2n) is 7.66. The van der Waals surface area contributed by atoms with Gasteiger partial charge in [-0.25, -0.2) is 13.4 Å². The maximum Gasteiger partial charge on any atom is 0.262 e. The summed E-state index contributed by atoms with van der Waals surface area (Å²) in [5.74, 6) is 0.897. The van der Waals surface area contributed by atoms with Gasteiger partial charge in [-0.2, -0.15) is 4.31 Å². The number of piperidine rings is 1. The Morgan fingerprint density at radius 3 is 2.80 bits per heavy atom. The van der Waals surface area contributed by atoms with Crippen LogP contribution in [0, 0.1) is 0 Å². The molecule has 8 heteroatoms. The fraction of sp³-hybridized carbons (Fsp3) is 0.364. The molecule has 158 valence electrons. The number of benzene rings is 1. The highest BCUT2D eigenvalue weighted by Gasteiger charge is 2.32. The molecule has 1 aliphatic rings. The second kappa shape index (κ2) is 8.57. The Morgan fingerprint density at radius 2 is 2.03 bits per heavy atom. The molecule has 3 aromatic rings. The zero-order valence-corrected chi connectivity index (χ0v) is 18.0.